The predicted molar refractivity (Wildman–Crippen MR) is 77.6 cm³/mol. The summed E-state index contributed by atoms with van der Waals surface area (Å²) in [5.74, 6) is -1.03. The molecule has 1 aromatic carbocycles. The minimum Gasteiger partial charge on any atom is -0.347 e. The van der Waals surface area contributed by atoms with Gasteiger partial charge < -0.3 is 10.6 Å². The van der Waals surface area contributed by atoms with Crippen molar-refractivity contribution in [2.75, 3.05) is 17.7 Å². The second-order valence-corrected chi connectivity index (χ2v) is 4.44. The van der Waals surface area contributed by atoms with Crippen LogP contribution in [0.2, 0.25) is 0 Å². The van der Waals surface area contributed by atoms with Crippen molar-refractivity contribution in [1.82, 2.24) is 5.32 Å². The van der Waals surface area contributed by atoms with Gasteiger partial charge in [-0.15, -0.1) is 11.6 Å². The van der Waals surface area contributed by atoms with Crippen LogP contribution in [0.5, 0.6) is 0 Å². The Labute approximate surface area is 118 Å². The molecule has 0 heterocycles. The lowest BCUT2D eigenvalue weighted by Crippen LogP contribution is -2.36. The Morgan fingerprint density at radius 1 is 1.11 bits per heavy atom. The Bertz CT molecular complexity index is 439. The number of hydrogen-bond acceptors (Lipinski definition) is 2. The number of halogens is 1. The van der Waals surface area contributed by atoms with Gasteiger partial charge in [0, 0.05) is 18.1 Å². The monoisotopic (exact) mass is 282 g/mol. The fraction of sp³-hybridized carbons (Fsp3) is 0.429. The molecule has 0 bridgehead atoms. The number of aryl methyl sites for hydroxylation is 2. The van der Waals surface area contributed by atoms with Crippen LogP contribution in [0.25, 0.3) is 0 Å². The molecule has 4 nitrogen and oxygen atoms in total. The summed E-state index contributed by atoms with van der Waals surface area (Å²) < 4.78 is 0. The lowest BCUT2D eigenvalue weighted by atomic mass is 10.0. The van der Waals surface area contributed by atoms with E-state index in [-0.39, 0.29) is 12.4 Å². The molecule has 0 saturated carbocycles. The first-order valence-electron chi connectivity index (χ1n) is 6.39. The van der Waals surface area contributed by atoms with Gasteiger partial charge in [-0.1, -0.05) is 32.0 Å². The number of benzene rings is 1. The smallest absolute Gasteiger partial charge is 0.313 e. The molecular formula is C14H19ClN2O2. The van der Waals surface area contributed by atoms with Crippen molar-refractivity contribution in [2.24, 2.45) is 0 Å². The lowest BCUT2D eigenvalue weighted by molar-refractivity contribution is -0.136. The molecule has 104 valence electrons. The van der Waals surface area contributed by atoms with Crippen molar-refractivity contribution >= 4 is 29.1 Å². The van der Waals surface area contributed by atoms with Gasteiger partial charge in [-0.2, -0.15) is 0 Å². The summed E-state index contributed by atoms with van der Waals surface area (Å²) in [5, 5.41) is 5.14. The van der Waals surface area contributed by atoms with Crippen LogP contribution >= 0.6 is 11.6 Å². The number of amides is 2. The number of hydrogen-bond donors (Lipinski definition) is 2. The fourth-order valence-corrected chi connectivity index (χ4v) is 1.91. The first kappa shape index (κ1) is 15.5. The molecular weight excluding hydrogens is 264 g/mol. The van der Waals surface area contributed by atoms with E-state index in [0.717, 1.165) is 29.7 Å². The summed E-state index contributed by atoms with van der Waals surface area (Å²) in [6.45, 7) is 4.31. The lowest BCUT2D eigenvalue weighted by Gasteiger charge is -2.14. The average molecular weight is 283 g/mol. The van der Waals surface area contributed by atoms with Gasteiger partial charge in [0.05, 0.1) is 0 Å². The SMILES string of the molecule is CCc1cccc(CC)c1NC(=O)C(=O)NCCCl. The summed E-state index contributed by atoms with van der Waals surface area (Å²) in [4.78, 5) is 23.3. The Balaban J connectivity index is 2.86. The van der Waals surface area contributed by atoms with E-state index in [1.165, 1.54) is 0 Å². The first-order chi connectivity index (χ1) is 9.13. The zero-order valence-electron chi connectivity index (χ0n) is 11.3. The maximum Gasteiger partial charge on any atom is 0.313 e. The number of alkyl halides is 1. The van der Waals surface area contributed by atoms with Crippen molar-refractivity contribution in [3.05, 3.63) is 29.3 Å². The molecule has 0 fully saturated rings. The standard InChI is InChI=1S/C14H19ClN2O2/c1-3-10-6-5-7-11(4-2)12(10)17-14(19)13(18)16-9-8-15/h5-7H,3-4,8-9H2,1-2H3,(H,16,18)(H,17,19). The molecule has 0 unspecified atom stereocenters. The van der Waals surface area contributed by atoms with Crippen LogP contribution in [0.3, 0.4) is 0 Å². The normalized spacial score (nSPS) is 10.1. The van der Waals surface area contributed by atoms with Gasteiger partial charge >= 0.3 is 11.8 Å². The highest BCUT2D eigenvalue weighted by Crippen LogP contribution is 2.22. The third-order valence-corrected chi connectivity index (χ3v) is 3.01. The van der Waals surface area contributed by atoms with Gasteiger partial charge in [0.15, 0.2) is 0 Å². The van der Waals surface area contributed by atoms with Crippen LogP contribution in [0.4, 0.5) is 5.69 Å². The number of nitrogens with one attached hydrogen (secondary N) is 2. The Hall–Kier alpha value is -1.55. The number of para-hydroxylation sites is 1. The Kier molecular flexibility index (Phi) is 6.36. The summed E-state index contributed by atoms with van der Waals surface area (Å²) in [5.41, 5.74) is 2.80. The van der Waals surface area contributed by atoms with Crippen LogP contribution < -0.4 is 10.6 Å². The van der Waals surface area contributed by atoms with E-state index in [2.05, 4.69) is 10.6 Å². The van der Waals surface area contributed by atoms with E-state index < -0.39 is 11.8 Å². The molecule has 1 rings (SSSR count). The molecule has 1 aromatic rings. The van der Waals surface area contributed by atoms with Crippen molar-refractivity contribution in [3.8, 4) is 0 Å². The molecule has 0 spiro atoms. The zero-order chi connectivity index (χ0) is 14.3. The third kappa shape index (κ3) is 4.24. The maximum atomic E-state index is 11.8. The van der Waals surface area contributed by atoms with Crippen molar-refractivity contribution in [2.45, 2.75) is 26.7 Å². The fourth-order valence-electron chi connectivity index (χ4n) is 1.81. The highest BCUT2D eigenvalue weighted by Gasteiger charge is 2.16. The van der Waals surface area contributed by atoms with Gasteiger partial charge in [0.25, 0.3) is 0 Å². The van der Waals surface area contributed by atoms with Crippen LogP contribution in [0.15, 0.2) is 18.2 Å². The number of carbonyl (C=O) groups excluding carboxylic acids is 2. The van der Waals surface area contributed by atoms with E-state index in [4.69, 9.17) is 11.6 Å². The van der Waals surface area contributed by atoms with Gasteiger partial charge in [-0.05, 0) is 24.0 Å². The van der Waals surface area contributed by atoms with Crippen molar-refractivity contribution in [1.29, 1.82) is 0 Å². The number of anilines is 1. The van der Waals surface area contributed by atoms with E-state index in [9.17, 15) is 9.59 Å². The van der Waals surface area contributed by atoms with Crippen LogP contribution in [0.1, 0.15) is 25.0 Å². The van der Waals surface area contributed by atoms with E-state index in [1.54, 1.807) is 0 Å². The predicted octanol–water partition coefficient (Wildman–Crippen LogP) is 2.10. The van der Waals surface area contributed by atoms with Crippen LogP contribution in [-0.2, 0) is 22.4 Å². The molecule has 0 radical (unpaired) electrons. The van der Waals surface area contributed by atoms with Crippen molar-refractivity contribution < 1.29 is 9.59 Å². The highest BCUT2D eigenvalue weighted by atomic mass is 35.5. The summed E-state index contributed by atoms with van der Waals surface area (Å²) >= 11 is 5.46. The first-order valence-corrected chi connectivity index (χ1v) is 6.93. The molecule has 2 amide bonds. The molecule has 0 aliphatic heterocycles. The van der Waals surface area contributed by atoms with Gasteiger partial charge in [-0.25, -0.2) is 0 Å². The van der Waals surface area contributed by atoms with Crippen LogP contribution in [-0.4, -0.2) is 24.2 Å². The molecule has 19 heavy (non-hydrogen) atoms. The van der Waals surface area contributed by atoms with E-state index in [1.807, 2.05) is 32.0 Å². The minimum atomic E-state index is -0.659. The molecule has 0 aliphatic carbocycles. The van der Waals surface area contributed by atoms with Crippen LogP contribution in [0, 0.1) is 0 Å². The summed E-state index contributed by atoms with van der Waals surface area (Å²) in [6, 6.07) is 5.86. The zero-order valence-corrected chi connectivity index (χ0v) is 12.0. The molecule has 5 heteroatoms. The summed E-state index contributed by atoms with van der Waals surface area (Å²) in [6.07, 6.45) is 1.60. The van der Waals surface area contributed by atoms with E-state index in [0.29, 0.717) is 0 Å². The molecule has 0 atom stereocenters. The molecule has 2 N–H and O–H groups in total. The second-order valence-electron chi connectivity index (χ2n) is 4.06. The largest absolute Gasteiger partial charge is 0.347 e. The maximum absolute atomic E-state index is 11.8. The number of carbonyl (C=O) groups is 2. The number of rotatable bonds is 5. The average Bonchev–Trinajstić information content (AvgIpc) is 2.44. The van der Waals surface area contributed by atoms with Crippen molar-refractivity contribution in [3.63, 3.8) is 0 Å². The highest BCUT2D eigenvalue weighted by molar-refractivity contribution is 6.39. The third-order valence-electron chi connectivity index (χ3n) is 2.82. The minimum absolute atomic E-state index is 0.282. The quantitative estimate of drug-likeness (QED) is 0.642. The second kappa shape index (κ2) is 7.79. The molecule has 0 aromatic heterocycles. The summed E-state index contributed by atoms with van der Waals surface area (Å²) in [7, 11) is 0. The Morgan fingerprint density at radius 2 is 1.68 bits per heavy atom. The Morgan fingerprint density at radius 3 is 2.16 bits per heavy atom. The van der Waals surface area contributed by atoms with Gasteiger partial charge in [0.2, 0.25) is 0 Å². The van der Waals surface area contributed by atoms with Gasteiger partial charge in [-0.3, -0.25) is 9.59 Å². The molecule has 0 saturated heterocycles. The molecule has 0 aliphatic rings. The van der Waals surface area contributed by atoms with Gasteiger partial charge in [0.1, 0.15) is 0 Å². The van der Waals surface area contributed by atoms with E-state index >= 15 is 0 Å². The topological polar surface area (TPSA) is 58.2 Å².